The second-order valence-corrected chi connectivity index (χ2v) is 7.76. The van der Waals surface area contributed by atoms with Crippen LogP contribution in [0.1, 0.15) is 53.9 Å². The lowest BCUT2D eigenvalue weighted by Crippen LogP contribution is -2.29. The highest BCUT2D eigenvalue weighted by Gasteiger charge is 2.19. The van der Waals surface area contributed by atoms with Crippen molar-refractivity contribution in [2.75, 3.05) is 0 Å². The van der Waals surface area contributed by atoms with Gasteiger partial charge in [0.05, 0.1) is 6.04 Å². The number of hydrazine groups is 1. The molecule has 1 heterocycles. The van der Waals surface area contributed by atoms with Gasteiger partial charge in [0.2, 0.25) is 0 Å². The molecule has 21 heavy (non-hydrogen) atoms. The predicted octanol–water partition coefficient (Wildman–Crippen LogP) is 4.41. The first-order valence-corrected chi connectivity index (χ1v) is 8.31. The van der Waals surface area contributed by atoms with Crippen LogP contribution in [0.3, 0.4) is 0 Å². The van der Waals surface area contributed by atoms with Gasteiger partial charge in [-0.15, -0.1) is 11.3 Å². The second kappa shape index (κ2) is 6.30. The fraction of sp³-hybridized carbons (Fsp3) is 0.444. The molecule has 2 rings (SSSR count). The molecule has 0 saturated heterocycles. The van der Waals surface area contributed by atoms with Gasteiger partial charge in [-0.1, -0.05) is 39.0 Å². The fourth-order valence-electron chi connectivity index (χ4n) is 2.68. The largest absolute Gasteiger partial charge is 0.271 e. The lowest BCUT2D eigenvalue weighted by atomic mass is 9.83. The molecule has 3 N–H and O–H groups in total. The Morgan fingerprint density at radius 2 is 1.81 bits per heavy atom. The first kappa shape index (κ1) is 16.2. The second-order valence-electron chi connectivity index (χ2n) is 6.78. The molecule has 0 radical (unpaired) electrons. The average molecular weight is 302 g/mol. The Kier molecular flexibility index (Phi) is 4.87. The van der Waals surface area contributed by atoms with Crippen molar-refractivity contribution < 1.29 is 0 Å². The van der Waals surface area contributed by atoms with E-state index in [1.807, 2.05) is 0 Å². The van der Waals surface area contributed by atoms with Crippen LogP contribution in [0.4, 0.5) is 0 Å². The van der Waals surface area contributed by atoms with Gasteiger partial charge in [0.15, 0.2) is 0 Å². The number of rotatable bonds is 4. The van der Waals surface area contributed by atoms with E-state index in [4.69, 9.17) is 5.84 Å². The van der Waals surface area contributed by atoms with Crippen molar-refractivity contribution >= 4 is 11.3 Å². The van der Waals surface area contributed by atoms with Crippen LogP contribution >= 0.6 is 11.3 Å². The first-order valence-electron chi connectivity index (χ1n) is 7.43. The van der Waals surface area contributed by atoms with Crippen molar-refractivity contribution in [2.24, 2.45) is 5.84 Å². The molecule has 0 amide bonds. The molecule has 1 atom stereocenters. The maximum Gasteiger partial charge on any atom is 0.0593 e. The van der Waals surface area contributed by atoms with E-state index in [0.29, 0.717) is 0 Å². The number of nitrogens with two attached hydrogens (primary N) is 1. The highest BCUT2D eigenvalue weighted by Crippen LogP contribution is 2.30. The number of hydrogen-bond acceptors (Lipinski definition) is 3. The molecule has 114 valence electrons. The van der Waals surface area contributed by atoms with Crippen LogP contribution in [0.25, 0.3) is 0 Å². The van der Waals surface area contributed by atoms with E-state index in [9.17, 15) is 0 Å². The summed E-state index contributed by atoms with van der Waals surface area (Å²) in [5.41, 5.74) is 8.67. The molecule has 0 saturated carbocycles. The normalized spacial score (nSPS) is 13.4. The van der Waals surface area contributed by atoms with E-state index in [1.54, 1.807) is 11.3 Å². The van der Waals surface area contributed by atoms with Crippen molar-refractivity contribution in [3.8, 4) is 0 Å². The van der Waals surface area contributed by atoms with Gasteiger partial charge >= 0.3 is 0 Å². The Hall–Kier alpha value is -1.16. The molecule has 2 aromatic rings. The van der Waals surface area contributed by atoms with Crippen molar-refractivity contribution in [3.63, 3.8) is 0 Å². The average Bonchev–Trinajstić information content (AvgIpc) is 2.90. The Bertz CT molecular complexity index is 571. The summed E-state index contributed by atoms with van der Waals surface area (Å²) < 4.78 is 0. The number of benzene rings is 1. The molecule has 0 aliphatic carbocycles. The van der Waals surface area contributed by atoms with E-state index < -0.39 is 0 Å². The molecule has 0 spiro atoms. The molecule has 0 fully saturated rings. The Morgan fingerprint density at radius 1 is 1.19 bits per heavy atom. The SMILES string of the molecule is Cc1cc(C(C)(C)C)cc(C)c1CC(NN)c1cccs1. The first-order chi connectivity index (χ1) is 9.82. The summed E-state index contributed by atoms with van der Waals surface area (Å²) in [6.07, 6.45) is 0.930. The smallest absolute Gasteiger partial charge is 0.0593 e. The summed E-state index contributed by atoms with van der Waals surface area (Å²) in [5, 5.41) is 2.10. The van der Waals surface area contributed by atoms with Gasteiger partial charge in [0.25, 0.3) is 0 Å². The maximum absolute atomic E-state index is 5.77. The van der Waals surface area contributed by atoms with Gasteiger partial charge in [-0.05, 0) is 59.4 Å². The van der Waals surface area contributed by atoms with Crippen LogP contribution < -0.4 is 11.3 Å². The summed E-state index contributed by atoms with van der Waals surface area (Å²) in [5.74, 6) is 5.77. The van der Waals surface area contributed by atoms with Crippen LogP contribution in [0.2, 0.25) is 0 Å². The van der Waals surface area contributed by atoms with Gasteiger partial charge in [0, 0.05) is 4.88 Å². The Balaban J connectivity index is 2.32. The van der Waals surface area contributed by atoms with Gasteiger partial charge in [-0.2, -0.15) is 0 Å². The van der Waals surface area contributed by atoms with E-state index in [1.165, 1.54) is 27.1 Å². The fourth-order valence-corrected chi connectivity index (χ4v) is 3.47. The third kappa shape index (κ3) is 3.73. The molecule has 1 aromatic carbocycles. The van der Waals surface area contributed by atoms with Crippen LogP contribution in [0.5, 0.6) is 0 Å². The van der Waals surface area contributed by atoms with Crippen LogP contribution in [0.15, 0.2) is 29.6 Å². The van der Waals surface area contributed by atoms with Gasteiger partial charge in [-0.3, -0.25) is 11.3 Å². The van der Waals surface area contributed by atoms with Gasteiger partial charge in [0.1, 0.15) is 0 Å². The van der Waals surface area contributed by atoms with Crippen molar-refractivity contribution in [1.82, 2.24) is 5.43 Å². The van der Waals surface area contributed by atoms with Crippen LogP contribution in [-0.4, -0.2) is 0 Å². The summed E-state index contributed by atoms with van der Waals surface area (Å²) in [7, 11) is 0. The monoisotopic (exact) mass is 302 g/mol. The van der Waals surface area contributed by atoms with E-state index in [-0.39, 0.29) is 11.5 Å². The Morgan fingerprint density at radius 3 is 2.24 bits per heavy atom. The summed E-state index contributed by atoms with van der Waals surface area (Å²) in [4.78, 5) is 1.29. The number of thiophene rings is 1. The predicted molar refractivity (Wildman–Crippen MR) is 92.7 cm³/mol. The van der Waals surface area contributed by atoms with Crippen LogP contribution in [-0.2, 0) is 11.8 Å². The quantitative estimate of drug-likeness (QED) is 0.648. The van der Waals surface area contributed by atoms with Crippen molar-refractivity contribution in [2.45, 2.75) is 52.5 Å². The Labute approximate surface area is 132 Å². The van der Waals surface area contributed by atoms with Crippen LogP contribution in [0, 0.1) is 13.8 Å². The minimum Gasteiger partial charge on any atom is -0.271 e. The summed E-state index contributed by atoms with van der Waals surface area (Å²) in [6.45, 7) is 11.2. The maximum atomic E-state index is 5.77. The summed E-state index contributed by atoms with van der Waals surface area (Å²) in [6, 6.07) is 9.05. The molecule has 3 heteroatoms. The zero-order chi connectivity index (χ0) is 15.6. The zero-order valence-corrected chi connectivity index (χ0v) is 14.5. The van der Waals surface area contributed by atoms with E-state index in [2.05, 4.69) is 69.7 Å². The topological polar surface area (TPSA) is 38.0 Å². The van der Waals surface area contributed by atoms with Gasteiger partial charge < -0.3 is 0 Å². The molecule has 0 aliphatic heterocycles. The van der Waals surface area contributed by atoms with Crippen molar-refractivity contribution in [1.29, 1.82) is 0 Å². The molecule has 2 nitrogen and oxygen atoms in total. The van der Waals surface area contributed by atoms with E-state index >= 15 is 0 Å². The molecular formula is C18H26N2S. The number of hydrogen-bond donors (Lipinski definition) is 2. The minimum absolute atomic E-state index is 0.183. The van der Waals surface area contributed by atoms with Gasteiger partial charge in [-0.25, -0.2) is 0 Å². The highest BCUT2D eigenvalue weighted by atomic mass is 32.1. The lowest BCUT2D eigenvalue weighted by Gasteiger charge is -2.24. The molecule has 0 bridgehead atoms. The minimum atomic E-state index is 0.183. The molecule has 1 unspecified atom stereocenters. The zero-order valence-electron chi connectivity index (χ0n) is 13.7. The summed E-state index contributed by atoms with van der Waals surface area (Å²) >= 11 is 1.75. The number of aryl methyl sites for hydroxylation is 2. The standard InChI is InChI=1S/C18H26N2S/c1-12-9-14(18(3,4)5)10-13(2)15(12)11-16(20-19)17-7-6-8-21-17/h6-10,16,20H,11,19H2,1-5H3. The third-order valence-corrected chi connectivity index (χ3v) is 5.04. The third-order valence-electron chi connectivity index (χ3n) is 4.06. The molecular weight excluding hydrogens is 276 g/mol. The highest BCUT2D eigenvalue weighted by molar-refractivity contribution is 7.10. The molecule has 0 aliphatic rings. The lowest BCUT2D eigenvalue weighted by molar-refractivity contribution is 0.556. The molecule has 1 aromatic heterocycles. The van der Waals surface area contributed by atoms with E-state index in [0.717, 1.165) is 6.42 Å². The number of nitrogens with one attached hydrogen (secondary N) is 1. The van der Waals surface area contributed by atoms with Crippen molar-refractivity contribution in [3.05, 3.63) is 56.8 Å².